The van der Waals surface area contributed by atoms with Gasteiger partial charge < -0.3 is 16.4 Å². The lowest BCUT2D eigenvalue weighted by atomic mass is 10.1. The van der Waals surface area contributed by atoms with E-state index in [-0.39, 0.29) is 5.91 Å². The van der Waals surface area contributed by atoms with Gasteiger partial charge in [-0.1, -0.05) is 0 Å². The van der Waals surface area contributed by atoms with Crippen LogP contribution in [0.25, 0.3) is 0 Å². The minimum Gasteiger partial charge on any atom is -0.397 e. The average molecular weight is 205 g/mol. The zero-order chi connectivity index (χ0) is 11.0. The first-order valence-corrected chi connectivity index (χ1v) is 5.05. The van der Waals surface area contributed by atoms with E-state index in [2.05, 4.69) is 10.6 Å². The third kappa shape index (κ3) is 1.88. The maximum absolute atomic E-state index is 11.2. The molecule has 80 valence electrons. The number of benzene rings is 1. The Kier molecular flexibility index (Phi) is 2.26. The molecule has 1 aromatic rings. The van der Waals surface area contributed by atoms with Gasteiger partial charge in [-0.25, -0.2) is 0 Å². The molecule has 0 saturated heterocycles. The summed E-state index contributed by atoms with van der Waals surface area (Å²) in [5, 5.41) is 6.05. The van der Waals surface area contributed by atoms with E-state index in [1.807, 2.05) is 26.0 Å². The molecule has 1 heterocycles. The van der Waals surface area contributed by atoms with E-state index >= 15 is 0 Å². The second-order valence-electron chi connectivity index (χ2n) is 4.12. The molecule has 4 N–H and O–H groups in total. The van der Waals surface area contributed by atoms with Gasteiger partial charge in [0.1, 0.15) is 0 Å². The van der Waals surface area contributed by atoms with Crippen LogP contribution in [0.4, 0.5) is 17.1 Å². The molecule has 0 fully saturated rings. The molecule has 4 nitrogen and oxygen atoms in total. The molecule has 1 aliphatic rings. The van der Waals surface area contributed by atoms with Crippen molar-refractivity contribution in [3.05, 3.63) is 17.7 Å². The third-order valence-electron chi connectivity index (χ3n) is 2.34. The van der Waals surface area contributed by atoms with Crippen molar-refractivity contribution in [2.24, 2.45) is 0 Å². The SMILES string of the molecule is CC(C)Nc1cc2c(cc1N)CC(=O)N2. The number of hydrogen-bond donors (Lipinski definition) is 3. The smallest absolute Gasteiger partial charge is 0.228 e. The maximum Gasteiger partial charge on any atom is 0.228 e. The van der Waals surface area contributed by atoms with Crippen LogP contribution in [0, 0.1) is 0 Å². The molecule has 0 aromatic heterocycles. The van der Waals surface area contributed by atoms with Crippen LogP contribution in [0.3, 0.4) is 0 Å². The summed E-state index contributed by atoms with van der Waals surface area (Å²) in [5.41, 5.74) is 9.31. The van der Waals surface area contributed by atoms with Crippen molar-refractivity contribution >= 4 is 23.0 Å². The molecule has 0 spiro atoms. The summed E-state index contributed by atoms with van der Waals surface area (Å²) in [4.78, 5) is 11.2. The molecule has 0 radical (unpaired) electrons. The van der Waals surface area contributed by atoms with Crippen molar-refractivity contribution in [2.75, 3.05) is 16.4 Å². The van der Waals surface area contributed by atoms with Gasteiger partial charge in [0.25, 0.3) is 0 Å². The van der Waals surface area contributed by atoms with Crippen LogP contribution in [0.15, 0.2) is 12.1 Å². The minimum absolute atomic E-state index is 0.0334. The summed E-state index contributed by atoms with van der Waals surface area (Å²) < 4.78 is 0. The van der Waals surface area contributed by atoms with Gasteiger partial charge in [-0.3, -0.25) is 4.79 Å². The Bertz CT molecular complexity index is 413. The fraction of sp³-hybridized carbons (Fsp3) is 0.364. The van der Waals surface area contributed by atoms with Gasteiger partial charge in [0.15, 0.2) is 0 Å². The predicted octanol–water partition coefficient (Wildman–Crippen LogP) is 1.58. The Hall–Kier alpha value is -1.71. The van der Waals surface area contributed by atoms with E-state index in [1.165, 1.54) is 0 Å². The van der Waals surface area contributed by atoms with Crippen LogP contribution in [-0.2, 0) is 11.2 Å². The number of nitrogens with one attached hydrogen (secondary N) is 2. The number of rotatable bonds is 2. The number of anilines is 3. The first kappa shape index (κ1) is 9.83. The Balaban J connectivity index is 2.35. The summed E-state index contributed by atoms with van der Waals surface area (Å²) in [6.45, 7) is 4.09. The summed E-state index contributed by atoms with van der Waals surface area (Å²) in [7, 11) is 0. The molecule has 2 rings (SSSR count). The maximum atomic E-state index is 11.2. The Morgan fingerprint density at radius 2 is 2.20 bits per heavy atom. The van der Waals surface area contributed by atoms with Gasteiger partial charge in [0.2, 0.25) is 5.91 Å². The lowest BCUT2D eigenvalue weighted by Crippen LogP contribution is -2.11. The van der Waals surface area contributed by atoms with E-state index in [0.717, 1.165) is 16.9 Å². The molecule has 4 heteroatoms. The van der Waals surface area contributed by atoms with E-state index in [4.69, 9.17) is 5.73 Å². The van der Waals surface area contributed by atoms with Gasteiger partial charge in [-0.15, -0.1) is 0 Å². The summed E-state index contributed by atoms with van der Waals surface area (Å²) in [5.74, 6) is 0.0334. The highest BCUT2D eigenvalue weighted by molar-refractivity contribution is 6.00. The van der Waals surface area contributed by atoms with E-state index < -0.39 is 0 Å². The Morgan fingerprint density at radius 3 is 2.87 bits per heavy atom. The van der Waals surface area contributed by atoms with Crippen LogP contribution in [0.1, 0.15) is 19.4 Å². The zero-order valence-electron chi connectivity index (χ0n) is 8.92. The monoisotopic (exact) mass is 205 g/mol. The minimum atomic E-state index is 0.0334. The van der Waals surface area contributed by atoms with Gasteiger partial charge in [-0.05, 0) is 31.5 Å². The summed E-state index contributed by atoms with van der Waals surface area (Å²) in [6.07, 6.45) is 0.432. The van der Waals surface area contributed by atoms with Gasteiger partial charge in [0.05, 0.1) is 17.8 Å². The Labute approximate surface area is 88.9 Å². The number of hydrogen-bond acceptors (Lipinski definition) is 3. The standard InChI is InChI=1S/C11H15N3O/c1-6(2)13-10-5-9-7(3-8(10)12)4-11(15)14-9/h3,5-6,13H,4,12H2,1-2H3,(H,14,15). The topological polar surface area (TPSA) is 67.1 Å². The molecule has 1 amide bonds. The number of carbonyl (C=O) groups is 1. The van der Waals surface area contributed by atoms with Crippen LogP contribution >= 0.6 is 0 Å². The third-order valence-corrected chi connectivity index (χ3v) is 2.34. The van der Waals surface area contributed by atoms with Crippen molar-refractivity contribution in [3.8, 4) is 0 Å². The Morgan fingerprint density at radius 1 is 1.47 bits per heavy atom. The predicted molar refractivity (Wildman–Crippen MR) is 61.9 cm³/mol. The highest BCUT2D eigenvalue weighted by Crippen LogP contribution is 2.31. The fourth-order valence-corrected chi connectivity index (χ4v) is 1.73. The van der Waals surface area contributed by atoms with E-state index in [9.17, 15) is 4.79 Å². The number of nitrogens with two attached hydrogens (primary N) is 1. The van der Waals surface area contributed by atoms with Gasteiger partial charge in [0, 0.05) is 11.7 Å². The van der Waals surface area contributed by atoms with Crippen LogP contribution in [0.2, 0.25) is 0 Å². The zero-order valence-corrected chi connectivity index (χ0v) is 8.92. The van der Waals surface area contributed by atoms with Crippen molar-refractivity contribution in [3.63, 3.8) is 0 Å². The molecule has 0 bridgehead atoms. The molecule has 1 aromatic carbocycles. The number of amides is 1. The van der Waals surface area contributed by atoms with Crippen LogP contribution in [0.5, 0.6) is 0 Å². The molecule has 0 saturated carbocycles. The number of nitrogen functional groups attached to an aromatic ring is 1. The lowest BCUT2D eigenvalue weighted by Gasteiger charge is -2.13. The summed E-state index contributed by atoms with van der Waals surface area (Å²) >= 11 is 0. The van der Waals surface area contributed by atoms with Crippen LogP contribution in [-0.4, -0.2) is 11.9 Å². The summed E-state index contributed by atoms with van der Waals surface area (Å²) in [6, 6.07) is 4.08. The van der Waals surface area contributed by atoms with Crippen molar-refractivity contribution in [1.29, 1.82) is 0 Å². The average Bonchev–Trinajstić information content (AvgIpc) is 2.44. The molecule has 1 aliphatic heterocycles. The highest BCUT2D eigenvalue weighted by atomic mass is 16.1. The normalized spacial score (nSPS) is 13.9. The van der Waals surface area contributed by atoms with Gasteiger partial charge >= 0.3 is 0 Å². The van der Waals surface area contributed by atoms with E-state index in [0.29, 0.717) is 18.2 Å². The fourth-order valence-electron chi connectivity index (χ4n) is 1.73. The second-order valence-corrected chi connectivity index (χ2v) is 4.12. The van der Waals surface area contributed by atoms with Crippen molar-refractivity contribution < 1.29 is 4.79 Å². The number of carbonyl (C=O) groups excluding carboxylic acids is 1. The number of fused-ring (bicyclic) bond motifs is 1. The van der Waals surface area contributed by atoms with Crippen LogP contribution < -0.4 is 16.4 Å². The lowest BCUT2D eigenvalue weighted by molar-refractivity contribution is -0.115. The first-order valence-electron chi connectivity index (χ1n) is 5.05. The van der Waals surface area contributed by atoms with Crippen molar-refractivity contribution in [2.45, 2.75) is 26.3 Å². The molecule has 15 heavy (non-hydrogen) atoms. The molecular formula is C11H15N3O. The molecule has 0 unspecified atom stereocenters. The molecule has 0 aliphatic carbocycles. The highest BCUT2D eigenvalue weighted by Gasteiger charge is 2.19. The van der Waals surface area contributed by atoms with E-state index in [1.54, 1.807) is 0 Å². The molecule has 0 atom stereocenters. The van der Waals surface area contributed by atoms with Gasteiger partial charge in [-0.2, -0.15) is 0 Å². The molecular weight excluding hydrogens is 190 g/mol. The quantitative estimate of drug-likeness (QED) is 0.642. The largest absolute Gasteiger partial charge is 0.397 e. The second kappa shape index (κ2) is 3.46. The van der Waals surface area contributed by atoms with Crippen molar-refractivity contribution in [1.82, 2.24) is 0 Å². The first-order chi connectivity index (χ1) is 7.06.